The summed E-state index contributed by atoms with van der Waals surface area (Å²) in [5, 5.41) is 0.823. The fraction of sp³-hybridized carbons (Fsp3) is 0.647. The molecule has 1 saturated carbocycles. The summed E-state index contributed by atoms with van der Waals surface area (Å²) in [6.45, 7) is 11.3. The highest BCUT2D eigenvalue weighted by Gasteiger charge is 2.46. The van der Waals surface area contributed by atoms with Crippen LogP contribution in [0.2, 0.25) is 5.02 Å². The van der Waals surface area contributed by atoms with Crippen LogP contribution in [0.15, 0.2) is 18.2 Å². The maximum Gasteiger partial charge on any atom is 0.0438 e. The van der Waals surface area contributed by atoms with Gasteiger partial charge in [0.1, 0.15) is 0 Å². The molecule has 1 aliphatic carbocycles. The first-order chi connectivity index (χ1) is 8.53. The summed E-state index contributed by atoms with van der Waals surface area (Å²) in [6, 6.07) is 6.30. The minimum Gasteiger partial charge on any atom is -0.321 e. The van der Waals surface area contributed by atoms with Crippen LogP contribution in [0.3, 0.4) is 0 Å². The maximum atomic E-state index is 6.79. The van der Waals surface area contributed by atoms with E-state index in [0.717, 1.165) is 23.4 Å². The molecule has 0 radical (unpaired) electrons. The molecule has 0 aromatic heterocycles. The second kappa shape index (κ2) is 4.49. The van der Waals surface area contributed by atoms with Gasteiger partial charge in [0.15, 0.2) is 0 Å². The van der Waals surface area contributed by atoms with Crippen molar-refractivity contribution < 1.29 is 0 Å². The molecule has 1 nitrogen and oxygen atoms in total. The van der Waals surface area contributed by atoms with Crippen molar-refractivity contribution >= 4 is 11.6 Å². The molecule has 1 aromatic rings. The highest BCUT2D eigenvalue weighted by molar-refractivity contribution is 6.31. The van der Waals surface area contributed by atoms with E-state index in [1.807, 2.05) is 6.92 Å². The molecule has 1 fully saturated rings. The molecule has 0 heterocycles. The average Bonchev–Trinajstić information content (AvgIpc) is 2.16. The van der Waals surface area contributed by atoms with Gasteiger partial charge < -0.3 is 5.73 Å². The van der Waals surface area contributed by atoms with Gasteiger partial charge in [-0.3, -0.25) is 0 Å². The van der Waals surface area contributed by atoms with Gasteiger partial charge in [-0.15, -0.1) is 0 Å². The van der Waals surface area contributed by atoms with Crippen LogP contribution in [0.5, 0.6) is 0 Å². The van der Waals surface area contributed by atoms with Crippen molar-refractivity contribution in [1.29, 1.82) is 0 Å². The summed E-state index contributed by atoms with van der Waals surface area (Å²) in [5.74, 6) is 0. The zero-order valence-electron chi connectivity index (χ0n) is 12.8. The molecule has 2 N–H and O–H groups in total. The van der Waals surface area contributed by atoms with Gasteiger partial charge >= 0.3 is 0 Å². The Labute approximate surface area is 122 Å². The van der Waals surface area contributed by atoms with Gasteiger partial charge in [-0.05, 0) is 54.2 Å². The lowest BCUT2D eigenvalue weighted by Gasteiger charge is -2.50. The van der Waals surface area contributed by atoms with Crippen LogP contribution in [0.4, 0.5) is 0 Å². The smallest absolute Gasteiger partial charge is 0.0438 e. The molecule has 0 spiro atoms. The van der Waals surface area contributed by atoms with E-state index >= 15 is 0 Å². The Morgan fingerprint density at radius 3 is 2.00 bits per heavy atom. The van der Waals surface area contributed by atoms with Crippen molar-refractivity contribution in [2.75, 3.05) is 0 Å². The van der Waals surface area contributed by atoms with E-state index < -0.39 is 0 Å². The maximum absolute atomic E-state index is 6.79. The van der Waals surface area contributed by atoms with E-state index in [4.69, 9.17) is 17.3 Å². The number of benzene rings is 1. The number of nitrogens with two attached hydrogens (primary N) is 1. The van der Waals surface area contributed by atoms with E-state index in [9.17, 15) is 0 Å². The lowest BCUT2D eigenvalue weighted by atomic mass is 9.57. The minimum atomic E-state index is -0.261. The van der Waals surface area contributed by atoms with E-state index in [2.05, 4.69) is 45.9 Å². The van der Waals surface area contributed by atoms with Crippen molar-refractivity contribution in [3.63, 3.8) is 0 Å². The monoisotopic (exact) mass is 279 g/mol. The summed E-state index contributed by atoms with van der Waals surface area (Å²) in [5.41, 5.74) is 9.37. The molecule has 0 atom stereocenters. The van der Waals surface area contributed by atoms with Gasteiger partial charge in [0.05, 0.1) is 0 Å². The molecular weight excluding hydrogens is 254 g/mol. The van der Waals surface area contributed by atoms with Crippen molar-refractivity contribution in [1.82, 2.24) is 0 Å². The lowest BCUT2D eigenvalue weighted by molar-refractivity contribution is 0.0470. The number of hydrogen-bond donors (Lipinski definition) is 1. The second-order valence-corrected chi connectivity index (χ2v) is 8.39. The predicted molar refractivity (Wildman–Crippen MR) is 83.5 cm³/mol. The average molecular weight is 280 g/mol. The topological polar surface area (TPSA) is 26.0 Å². The summed E-state index contributed by atoms with van der Waals surface area (Å²) < 4.78 is 0. The van der Waals surface area contributed by atoms with Crippen LogP contribution < -0.4 is 5.73 Å². The molecule has 106 valence electrons. The van der Waals surface area contributed by atoms with Crippen molar-refractivity contribution in [3.8, 4) is 0 Å². The summed E-state index contributed by atoms with van der Waals surface area (Å²) in [4.78, 5) is 0. The van der Waals surface area contributed by atoms with Gasteiger partial charge in [0.2, 0.25) is 0 Å². The van der Waals surface area contributed by atoms with E-state index in [-0.39, 0.29) is 16.4 Å². The summed E-state index contributed by atoms with van der Waals surface area (Å²) >= 11 is 6.28. The molecule has 0 unspecified atom stereocenters. The molecule has 2 heteroatoms. The SMILES string of the molecule is Cc1ccc(C2(N)CC(C)(C)CC(C)(C)C2)cc1Cl. The molecule has 0 saturated heterocycles. The fourth-order valence-electron chi connectivity index (χ4n) is 4.30. The van der Waals surface area contributed by atoms with Gasteiger partial charge in [-0.1, -0.05) is 51.4 Å². The Balaban J connectivity index is 2.43. The first kappa shape index (κ1) is 14.9. The van der Waals surface area contributed by atoms with Crippen LogP contribution in [-0.2, 0) is 5.54 Å². The first-order valence-electron chi connectivity index (χ1n) is 7.09. The van der Waals surface area contributed by atoms with Gasteiger partial charge in [0.25, 0.3) is 0 Å². The summed E-state index contributed by atoms with van der Waals surface area (Å²) in [7, 11) is 0. The zero-order valence-corrected chi connectivity index (χ0v) is 13.6. The Hall–Kier alpha value is -0.530. The highest BCUT2D eigenvalue weighted by atomic mass is 35.5. The largest absolute Gasteiger partial charge is 0.321 e. The second-order valence-electron chi connectivity index (χ2n) is 7.98. The lowest BCUT2D eigenvalue weighted by Crippen LogP contribution is -2.49. The third kappa shape index (κ3) is 3.14. The number of rotatable bonds is 1. The molecule has 0 amide bonds. The molecule has 2 rings (SSSR count). The van der Waals surface area contributed by atoms with Gasteiger partial charge in [0, 0.05) is 10.6 Å². The van der Waals surface area contributed by atoms with E-state index in [1.54, 1.807) is 0 Å². The van der Waals surface area contributed by atoms with E-state index in [1.165, 1.54) is 12.0 Å². The van der Waals surface area contributed by atoms with Crippen LogP contribution in [0.25, 0.3) is 0 Å². The Morgan fingerprint density at radius 2 is 1.53 bits per heavy atom. The third-order valence-electron chi connectivity index (χ3n) is 4.29. The number of halogens is 1. The molecule has 19 heavy (non-hydrogen) atoms. The predicted octanol–water partition coefficient (Wildman–Crippen LogP) is 5.04. The molecule has 0 bridgehead atoms. The van der Waals surface area contributed by atoms with Crippen LogP contribution >= 0.6 is 11.6 Å². The Morgan fingerprint density at radius 1 is 1.00 bits per heavy atom. The highest BCUT2D eigenvalue weighted by Crippen LogP contribution is 2.52. The summed E-state index contributed by atoms with van der Waals surface area (Å²) in [6.07, 6.45) is 3.25. The molecule has 1 aliphatic rings. The van der Waals surface area contributed by atoms with E-state index in [0.29, 0.717) is 0 Å². The first-order valence-corrected chi connectivity index (χ1v) is 7.46. The van der Waals surface area contributed by atoms with Crippen LogP contribution in [0, 0.1) is 17.8 Å². The molecule has 1 aromatic carbocycles. The Bertz CT molecular complexity index is 472. The molecular formula is C17H26ClN. The van der Waals surface area contributed by atoms with Gasteiger partial charge in [-0.25, -0.2) is 0 Å². The van der Waals surface area contributed by atoms with Crippen molar-refractivity contribution in [3.05, 3.63) is 34.3 Å². The number of hydrogen-bond acceptors (Lipinski definition) is 1. The fourth-order valence-corrected chi connectivity index (χ4v) is 4.48. The molecule has 0 aliphatic heterocycles. The quantitative estimate of drug-likeness (QED) is 0.766. The minimum absolute atomic E-state index is 0.261. The Kier molecular flexibility index (Phi) is 3.52. The normalized spacial score (nSPS) is 24.2. The third-order valence-corrected chi connectivity index (χ3v) is 4.70. The van der Waals surface area contributed by atoms with Crippen molar-refractivity contribution in [2.45, 2.75) is 59.4 Å². The van der Waals surface area contributed by atoms with Crippen LogP contribution in [0.1, 0.15) is 58.1 Å². The standard InChI is InChI=1S/C17H26ClN/c1-12-6-7-13(8-14(12)18)17(19)10-15(2,3)9-16(4,5)11-17/h6-8H,9-11,19H2,1-5H3. The van der Waals surface area contributed by atoms with Crippen LogP contribution in [-0.4, -0.2) is 0 Å². The van der Waals surface area contributed by atoms with Crippen molar-refractivity contribution in [2.24, 2.45) is 16.6 Å². The van der Waals surface area contributed by atoms with Gasteiger partial charge in [-0.2, -0.15) is 0 Å². The zero-order chi connectivity index (χ0) is 14.5. The number of aryl methyl sites for hydroxylation is 1.